The minimum atomic E-state index is -2.64. The first kappa shape index (κ1) is 22.6. The number of aliphatic hydroxyl groups is 3. The first-order valence-corrected chi connectivity index (χ1v) is 10.4. The molecular formula is C24H24N2O7. The van der Waals surface area contributed by atoms with Gasteiger partial charge in [0, 0.05) is 17.1 Å². The van der Waals surface area contributed by atoms with Gasteiger partial charge in [0.15, 0.2) is 11.4 Å². The summed E-state index contributed by atoms with van der Waals surface area (Å²) in [5.74, 6) is -0.991. The van der Waals surface area contributed by atoms with Crippen molar-refractivity contribution in [2.24, 2.45) is 17.6 Å². The van der Waals surface area contributed by atoms with E-state index in [-0.39, 0.29) is 29.7 Å². The zero-order chi connectivity index (χ0) is 24.4. The number of ketones is 2. The number of primary amides is 1. The number of benzene rings is 1. The molecule has 0 aliphatic heterocycles. The van der Waals surface area contributed by atoms with Crippen LogP contribution in [0.2, 0.25) is 0 Å². The number of phenolic OH excluding ortho intramolecular Hbond substituents is 1. The molecule has 3 aliphatic rings. The van der Waals surface area contributed by atoms with Gasteiger partial charge in [-0.15, -0.1) is 5.92 Å². The molecule has 3 aliphatic carbocycles. The van der Waals surface area contributed by atoms with Crippen LogP contribution in [-0.2, 0) is 20.8 Å². The number of hydrogen-bond acceptors (Lipinski definition) is 8. The highest BCUT2D eigenvalue weighted by molar-refractivity contribution is 6.24. The van der Waals surface area contributed by atoms with Crippen molar-refractivity contribution in [3.05, 3.63) is 45.7 Å². The van der Waals surface area contributed by atoms with Crippen molar-refractivity contribution in [1.82, 2.24) is 4.90 Å². The van der Waals surface area contributed by atoms with Gasteiger partial charge in [-0.3, -0.25) is 19.3 Å². The molecule has 0 unspecified atom stereocenters. The Kier molecular flexibility index (Phi) is 5.11. The van der Waals surface area contributed by atoms with Crippen LogP contribution >= 0.6 is 0 Å². The zero-order valence-corrected chi connectivity index (χ0v) is 18.3. The van der Waals surface area contributed by atoms with Gasteiger partial charge in [0.25, 0.3) is 5.91 Å². The molecule has 1 fully saturated rings. The third kappa shape index (κ3) is 2.91. The van der Waals surface area contributed by atoms with E-state index in [4.69, 9.17) is 5.73 Å². The predicted molar refractivity (Wildman–Crippen MR) is 117 cm³/mol. The minimum Gasteiger partial charge on any atom is -0.508 e. The van der Waals surface area contributed by atoms with Gasteiger partial charge in [-0.05, 0) is 57.5 Å². The topological polar surface area (TPSA) is 161 Å². The molecule has 1 aromatic rings. The summed E-state index contributed by atoms with van der Waals surface area (Å²) in [4.78, 5) is 40.1. The average Bonchev–Trinajstić information content (AvgIpc) is 2.72. The molecule has 33 heavy (non-hydrogen) atoms. The SMILES string of the molecule is CC#Cc1ccc(O)c2c1C[C@@H]1C[C@@H]3[C@@H](N(C)C)C(=O)C(C(N)=O)=C(O)[C@]3(O)C(=O)C1=C2O. The Morgan fingerprint density at radius 1 is 1.21 bits per heavy atom. The van der Waals surface area contributed by atoms with Crippen LogP contribution in [-0.4, -0.2) is 68.5 Å². The Morgan fingerprint density at radius 3 is 2.45 bits per heavy atom. The summed E-state index contributed by atoms with van der Waals surface area (Å²) in [6.45, 7) is 1.65. The van der Waals surface area contributed by atoms with E-state index in [1.54, 1.807) is 27.1 Å². The number of hydrogen-bond donors (Lipinski definition) is 5. The quantitative estimate of drug-likeness (QED) is 0.317. The number of Topliss-reactive ketones (excluding diaryl/α,β-unsaturated/α-hetero) is 2. The van der Waals surface area contributed by atoms with E-state index >= 15 is 0 Å². The van der Waals surface area contributed by atoms with Gasteiger partial charge in [-0.25, -0.2) is 0 Å². The molecule has 0 spiro atoms. The van der Waals surface area contributed by atoms with E-state index < -0.39 is 58.0 Å². The van der Waals surface area contributed by atoms with E-state index in [9.17, 15) is 34.8 Å². The molecule has 6 N–H and O–H groups in total. The number of nitrogens with zero attached hydrogens (tertiary/aromatic N) is 1. The van der Waals surface area contributed by atoms with Crippen molar-refractivity contribution in [1.29, 1.82) is 0 Å². The number of nitrogens with two attached hydrogens (primary N) is 1. The third-order valence-electron chi connectivity index (χ3n) is 6.86. The lowest BCUT2D eigenvalue weighted by atomic mass is 9.57. The van der Waals surface area contributed by atoms with Crippen LogP contribution in [0.5, 0.6) is 5.75 Å². The molecule has 9 nitrogen and oxygen atoms in total. The maximum Gasteiger partial charge on any atom is 0.255 e. The van der Waals surface area contributed by atoms with E-state index in [2.05, 4.69) is 11.8 Å². The molecule has 0 aromatic heterocycles. The first-order valence-electron chi connectivity index (χ1n) is 10.4. The monoisotopic (exact) mass is 452 g/mol. The lowest BCUT2D eigenvalue weighted by Gasteiger charge is -2.50. The number of carbonyl (C=O) groups excluding carboxylic acids is 3. The largest absolute Gasteiger partial charge is 0.508 e. The van der Waals surface area contributed by atoms with Gasteiger partial charge in [0.05, 0.1) is 11.6 Å². The second kappa shape index (κ2) is 7.47. The summed E-state index contributed by atoms with van der Waals surface area (Å²) in [7, 11) is 3.11. The molecule has 0 radical (unpaired) electrons. The molecule has 9 heteroatoms. The van der Waals surface area contributed by atoms with Gasteiger partial charge >= 0.3 is 0 Å². The van der Waals surface area contributed by atoms with Crippen LogP contribution in [0.1, 0.15) is 30.0 Å². The molecule has 0 saturated heterocycles. The normalized spacial score (nSPS) is 28.7. The van der Waals surface area contributed by atoms with Gasteiger partial charge in [0.2, 0.25) is 5.78 Å². The van der Waals surface area contributed by atoms with E-state index in [1.807, 2.05) is 0 Å². The molecule has 4 atom stereocenters. The molecule has 4 rings (SSSR count). The number of aromatic hydroxyl groups is 1. The molecule has 1 amide bonds. The van der Waals surface area contributed by atoms with Crippen LogP contribution in [0.25, 0.3) is 5.76 Å². The second-order valence-electron chi connectivity index (χ2n) is 8.82. The smallest absolute Gasteiger partial charge is 0.255 e. The van der Waals surface area contributed by atoms with E-state index in [1.165, 1.54) is 11.0 Å². The van der Waals surface area contributed by atoms with Crippen molar-refractivity contribution in [2.75, 3.05) is 14.1 Å². The number of carbonyl (C=O) groups is 3. The Morgan fingerprint density at radius 2 is 1.88 bits per heavy atom. The van der Waals surface area contributed by atoms with Gasteiger partial charge in [-0.2, -0.15) is 0 Å². The number of rotatable bonds is 2. The number of amides is 1. The lowest BCUT2D eigenvalue weighted by molar-refractivity contribution is -0.153. The maximum absolute atomic E-state index is 13.7. The summed E-state index contributed by atoms with van der Waals surface area (Å²) in [5.41, 5.74) is 2.81. The van der Waals surface area contributed by atoms with Gasteiger partial charge in [0.1, 0.15) is 22.8 Å². The zero-order valence-electron chi connectivity index (χ0n) is 18.3. The highest BCUT2D eigenvalue weighted by Gasteiger charge is 2.64. The summed E-state index contributed by atoms with van der Waals surface area (Å²) >= 11 is 0. The van der Waals surface area contributed by atoms with Crippen molar-refractivity contribution in [3.8, 4) is 17.6 Å². The Bertz CT molecular complexity index is 1250. The number of aliphatic hydroxyl groups excluding tert-OH is 2. The average molecular weight is 452 g/mol. The highest BCUT2D eigenvalue weighted by Crippen LogP contribution is 2.52. The number of phenols is 1. The molecule has 1 saturated carbocycles. The summed E-state index contributed by atoms with van der Waals surface area (Å²) < 4.78 is 0. The second-order valence-corrected chi connectivity index (χ2v) is 8.82. The third-order valence-corrected chi connectivity index (χ3v) is 6.86. The maximum atomic E-state index is 13.7. The highest BCUT2D eigenvalue weighted by atomic mass is 16.3. The Hall–Kier alpha value is -3.61. The summed E-state index contributed by atoms with van der Waals surface area (Å²) in [6.07, 6.45) is 0.257. The fourth-order valence-electron chi connectivity index (χ4n) is 5.50. The molecular weight excluding hydrogens is 428 g/mol. The summed E-state index contributed by atoms with van der Waals surface area (Å²) in [6, 6.07) is 1.86. The summed E-state index contributed by atoms with van der Waals surface area (Å²) in [5, 5.41) is 43.8. The molecule has 0 heterocycles. The first-order chi connectivity index (χ1) is 15.5. The number of likely N-dealkylation sites (N-methyl/N-ethyl adjacent to an activating group) is 1. The molecule has 0 bridgehead atoms. The van der Waals surface area contributed by atoms with Gasteiger partial charge < -0.3 is 26.2 Å². The van der Waals surface area contributed by atoms with Gasteiger partial charge in [-0.1, -0.05) is 5.92 Å². The minimum absolute atomic E-state index is 0.0338. The number of fused-ring (bicyclic) bond motifs is 3. The van der Waals surface area contributed by atoms with Crippen LogP contribution in [0.15, 0.2) is 29.0 Å². The molecule has 172 valence electrons. The molecule has 1 aromatic carbocycles. The lowest BCUT2D eigenvalue weighted by Crippen LogP contribution is -2.65. The fraction of sp³-hybridized carbons (Fsp3) is 0.375. The van der Waals surface area contributed by atoms with Crippen molar-refractivity contribution >= 4 is 23.2 Å². The Balaban J connectivity index is 2.00. The van der Waals surface area contributed by atoms with Crippen molar-refractivity contribution < 1.29 is 34.8 Å². The van der Waals surface area contributed by atoms with E-state index in [0.29, 0.717) is 11.1 Å². The van der Waals surface area contributed by atoms with Crippen LogP contribution in [0.3, 0.4) is 0 Å². The fourth-order valence-corrected chi connectivity index (χ4v) is 5.50. The predicted octanol–water partition coefficient (Wildman–Crippen LogP) is 0.335. The standard InChI is InChI=1S/C24H24N2O7/c1-4-5-10-6-7-14(27)16-12(10)8-11-9-13-18(26(2)3)20(29)17(23(25)32)22(31)24(13,33)21(30)15(11)19(16)28/h6-7,11,13,18,27-28,31,33H,8-9H2,1-3H3,(H2,25,32)/t11-,13-,18-,24-/m1/s1. The van der Waals surface area contributed by atoms with E-state index in [0.717, 1.165) is 0 Å². The van der Waals surface area contributed by atoms with Crippen molar-refractivity contribution in [3.63, 3.8) is 0 Å². The Labute approximate surface area is 189 Å². The van der Waals surface area contributed by atoms with Crippen molar-refractivity contribution in [2.45, 2.75) is 31.4 Å². The van der Waals surface area contributed by atoms with Crippen LogP contribution in [0.4, 0.5) is 0 Å². The van der Waals surface area contributed by atoms with Crippen LogP contribution in [0, 0.1) is 23.7 Å². The van der Waals surface area contributed by atoms with Crippen LogP contribution < -0.4 is 5.73 Å².